The SMILES string of the molecule is C[C@@H]1/C=C/CN(C)S(=O)(=O)[C@@H]2CC[C@H]2CN2CCCCc3cc(Cl)ccc3COc3ccc(cc32)S(=O)(=O)NC1=O. The molecule has 9 nitrogen and oxygen atoms in total. The van der Waals surface area contributed by atoms with Gasteiger partial charge < -0.3 is 9.64 Å². The molecule has 1 N–H and O–H groups in total. The average Bonchev–Trinajstić information content (AvgIpc) is 2.93. The fourth-order valence-corrected chi connectivity index (χ4v) is 8.80. The number of carbonyl (C=O) groups excluding carboxylic acids is 1. The smallest absolute Gasteiger partial charge is 0.264 e. The molecule has 5 rings (SSSR count). The summed E-state index contributed by atoms with van der Waals surface area (Å²) in [4.78, 5) is 14.8. The summed E-state index contributed by atoms with van der Waals surface area (Å²) < 4.78 is 63.4. The van der Waals surface area contributed by atoms with Crippen molar-refractivity contribution in [3.63, 3.8) is 0 Å². The van der Waals surface area contributed by atoms with E-state index in [4.69, 9.17) is 16.3 Å². The number of nitrogens with one attached hydrogen (secondary N) is 1. The molecule has 2 aliphatic heterocycles. The highest BCUT2D eigenvalue weighted by Crippen LogP contribution is 2.39. The van der Waals surface area contributed by atoms with E-state index in [1.165, 1.54) is 22.5 Å². The summed E-state index contributed by atoms with van der Waals surface area (Å²) in [5, 5.41) is 0.128. The minimum Gasteiger partial charge on any atom is -0.487 e. The van der Waals surface area contributed by atoms with Crippen LogP contribution in [-0.4, -0.2) is 59.0 Å². The largest absolute Gasteiger partial charge is 0.487 e. The molecule has 2 aromatic rings. The topological polar surface area (TPSA) is 113 Å². The highest BCUT2D eigenvalue weighted by molar-refractivity contribution is 7.90. The van der Waals surface area contributed by atoms with Crippen LogP contribution >= 0.6 is 11.6 Å². The van der Waals surface area contributed by atoms with E-state index in [0.717, 1.165) is 36.8 Å². The fraction of sp³-hybridized carbons (Fsp3) is 0.483. The van der Waals surface area contributed by atoms with Gasteiger partial charge in [-0.3, -0.25) is 4.79 Å². The Morgan fingerprint density at radius 3 is 2.59 bits per heavy atom. The second-order valence-electron chi connectivity index (χ2n) is 11.1. The van der Waals surface area contributed by atoms with E-state index in [0.29, 0.717) is 36.0 Å². The lowest BCUT2D eigenvalue weighted by Gasteiger charge is -2.41. The summed E-state index contributed by atoms with van der Waals surface area (Å²) in [6, 6.07) is 10.3. The molecule has 41 heavy (non-hydrogen) atoms. The first-order valence-electron chi connectivity index (χ1n) is 13.9. The maximum atomic E-state index is 13.5. The summed E-state index contributed by atoms with van der Waals surface area (Å²) in [7, 11) is -6.20. The van der Waals surface area contributed by atoms with Crippen LogP contribution in [0.3, 0.4) is 0 Å². The summed E-state index contributed by atoms with van der Waals surface area (Å²) >= 11 is 6.27. The number of rotatable bonds is 0. The third kappa shape index (κ3) is 6.43. The Hall–Kier alpha value is -2.60. The molecule has 0 saturated heterocycles. The second kappa shape index (κ2) is 11.9. The van der Waals surface area contributed by atoms with Gasteiger partial charge in [-0.15, -0.1) is 0 Å². The molecule has 0 unspecified atom stereocenters. The molecule has 0 aromatic heterocycles. The van der Waals surface area contributed by atoms with Crippen molar-refractivity contribution in [1.29, 1.82) is 0 Å². The number of hydrogen-bond acceptors (Lipinski definition) is 7. The number of benzene rings is 2. The number of likely N-dealkylation sites (N-methyl/N-ethyl adjacent to an activating group) is 1. The zero-order valence-electron chi connectivity index (χ0n) is 23.3. The van der Waals surface area contributed by atoms with Crippen LogP contribution in [0.4, 0.5) is 5.69 Å². The molecule has 1 fully saturated rings. The Morgan fingerprint density at radius 2 is 1.83 bits per heavy atom. The van der Waals surface area contributed by atoms with Crippen LogP contribution in [0.15, 0.2) is 53.4 Å². The molecule has 1 saturated carbocycles. The lowest BCUT2D eigenvalue weighted by Crippen LogP contribution is -2.50. The monoisotopic (exact) mass is 621 g/mol. The van der Waals surface area contributed by atoms with Crippen LogP contribution < -0.4 is 14.4 Å². The molecular formula is C29H36ClN3O6S2. The lowest BCUT2D eigenvalue weighted by atomic mass is 9.84. The molecule has 0 spiro atoms. The van der Waals surface area contributed by atoms with Crippen LogP contribution in [0.5, 0.6) is 5.75 Å². The van der Waals surface area contributed by atoms with Crippen LogP contribution in [0, 0.1) is 11.8 Å². The van der Waals surface area contributed by atoms with Gasteiger partial charge in [0.1, 0.15) is 12.4 Å². The number of halogens is 1. The number of amides is 1. The molecule has 1 aliphatic carbocycles. The average molecular weight is 622 g/mol. The van der Waals surface area contributed by atoms with Crippen molar-refractivity contribution in [2.45, 2.75) is 55.8 Å². The minimum atomic E-state index is -4.17. The Bertz CT molecular complexity index is 1560. The van der Waals surface area contributed by atoms with Gasteiger partial charge in [0.25, 0.3) is 10.0 Å². The maximum Gasteiger partial charge on any atom is 0.264 e. The molecule has 2 bridgehead atoms. The molecule has 2 aromatic carbocycles. The van der Waals surface area contributed by atoms with E-state index in [9.17, 15) is 21.6 Å². The Labute approximate surface area is 247 Å². The first-order chi connectivity index (χ1) is 19.5. The van der Waals surface area contributed by atoms with Gasteiger partial charge in [0.2, 0.25) is 15.9 Å². The van der Waals surface area contributed by atoms with Crippen molar-refractivity contribution in [1.82, 2.24) is 9.03 Å². The third-order valence-corrected chi connectivity index (χ3v) is 12.3. The number of hydrogen-bond donors (Lipinski definition) is 1. The van der Waals surface area contributed by atoms with Crippen LogP contribution in [0.2, 0.25) is 5.02 Å². The van der Waals surface area contributed by atoms with E-state index in [2.05, 4.69) is 9.62 Å². The van der Waals surface area contributed by atoms with Crippen molar-refractivity contribution >= 4 is 43.2 Å². The van der Waals surface area contributed by atoms with E-state index in [1.54, 1.807) is 26.1 Å². The highest BCUT2D eigenvalue weighted by Gasteiger charge is 2.43. The normalized spacial score (nSPS) is 27.5. The summed E-state index contributed by atoms with van der Waals surface area (Å²) in [5.74, 6) is -1.10. The quantitative estimate of drug-likeness (QED) is 0.441. The van der Waals surface area contributed by atoms with E-state index < -0.39 is 37.1 Å². The van der Waals surface area contributed by atoms with Crippen molar-refractivity contribution in [3.05, 3.63) is 64.7 Å². The Morgan fingerprint density at radius 1 is 1.02 bits per heavy atom. The van der Waals surface area contributed by atoms with Crippen LogP contribution in [0.1, 0.15) is 43.7 Å². The molecule has 1 amide bonds. The van der Waals surface area contributed by atoms with Crippen molar-refractivity contribution < 1.29 is 26.4 Å². The predicted octanol–water partition coefficient (Wildman–Crippen LogP) is 4.11. The summed E-state index contributed by atoms with van der Waals surface area (Å²) in [6.07, 6.45) is 6.93. The van der Waals surface area contributed by atoms with Crippen molar-refractivity contribution in [2.24, 2.45) is 11.8 Å². The fourth-order valence-electron chi connectivity index (χ4n) is 5.63. The van der Waals surface area contributed by atoms with Crippen molar-refractivity contribution in [2.75, 3.05) is 31.6 Å². The molecule has 0 radical (unpaired) electrons. The summed E-state index contributed by atoms with van der Waals surface area (Å²) in [6.45, 7) is 2.96. The van der Waals surface area contributed by atoms with Crippen molar-refractivity contribution in [3.8, 4) is 5.75 Å². The van der Waals surface area contributed by atoms with Gasteiger partial charge in [-0.2, -0.15) is 0 Å². The molecule has 3 aliphatic rings. The first kappa shape index (κ1) is 29.9. The lowest BCUT2D eigenvalue weighted by molar-refractivity contribution is -0.121. The van der Waals surface area contributed by atoms with Gasteiger partial charge in [0, 0.05) is 31.7 Å². The second-order valence-corrected chi connectivity index (χ2v) is 15.5. The third-order valence-electron chi connectivity index (χ3n) is 8.31. The van der Waals surface area contributed by atoms with E-state index >= 15 is 0 Å². The zero-order chi connectivity index (χ0) is 29.4. The molecule has 2 heterocycles. The number of anilines is 1. The van der Waals surface area contributed by atoms with Gasteiger partial charge >= 0.3 is 0 Å². The Kier molecular flexibility index (Phi) is 8.71. The number of aryl methyl sites for hydroxylation is 1. The number of carbonyl (C=O) groups is 1. The van der Waals surface area contributed by atoms with E-state index in [-0.39, 0.29) is 24.0 Å². The van der Waals surface area contributed by atoms with Gasteiger partial charge in [-0.1, -0.05) is 36.7 Å². The standard InChI is InChI=1S/C29H36ClN3O6S2/c1-20-6-5-14-32(2)41(37,38)28-13-9-22(28)18-33-15-4-3-7-21-16-24(30)10-8-23(21)19-39-27-12-11-25(17-26(27)33)40(35,36)31-29(20)34/h5-6,8,10-12,16-17,20,22,28H,3-4,7,9,13-15,18-19H2,1-2H3,(H,31,34)/b6-5+/t20-,22+,28-/m1/s1. The van der Waals surface area contributed by atoms with Gasteiger partial charge in [0.15, 0.2) is 0 Å². The predicted molar refractivity (Wildman–Crippen MR) is 159 cm³/mol. The molecular weight excluding hydrogens is 586 g/mol. The first-order valence-corrected chi connectivity index (χ1v) is 17.3. The molecule has 3 atom stereocenters. The Balaban J connectivity index is 1.58. The van der Waals surface area contributed by atoms with Crippen LogP contribution in [-0.2, 0) is 37.9 Å². The molecule has 12 heteroatoms. The molecule has 222 valence electrons. The zero-order valence-corrected chi connectivity index (χ0v) is 25.6. The maximum absolute atomic E-state index is 13.5. The van der Waals surface area contributed by atoms with Crippen LogP contribution in [0.25, 0.3) is 0 Å². The number of sulfonamides is 2. The van der Waals surface area contributed by atoms with Gasteiger partial charge in [-0.25, -0.2) is 25.9 Å². The number of fused-ring (bicyclic) bond motifs is 3. The summed E-state index contributed by atoms with van der Waals surface area (Å²) in [5.41, 5.74) is 2.67. The van der Waals surface area contributed by atoms with Gasteiger partial charge in [-0.05, 0) is 79.5 Å². The highest BCUT2D eigenvalue weighted by atomic mass is 35.5. The van der Waals surface area contributed by atoms with E-state index in [1.807, 2.05) is 18.2 Å². The number of ether oxygens (including phenoxy) is 1. The minimum absolute atomic E-state index is 0.0546. The van der Waals surface area contributed by atoms with Gasteiger partial charge in [0.05, 0.1) is 21.8 Å². The number of nitrogens with zero attached hydrogens (tertiary/aromatic N) is 2.